The predicted octanol–water partition coefficient (Wildman–Crippen LogP) is 4.27. The zero-order valence-electron chi connectivity index (χ0n) is 25.8. The number of sulfone groups is 1. The summed E-state index contributed by atoms with van der Waals surface area (Å²) in [5.74, 6) is -5.09. The summed E-state index contributed by atoms with van der Waals surface area (Å²) in [6, 6.07) is 11.1. The summed E-state index contributed by atoms with van der Waals surface area (Å²) in [5, 5.41) is 19.7. The van der Waals surface area contributed by atoms with Gasteiger partial charge in [-0.1, -0.05) is 19.1 Å². The molecule has 5 rings (SSSR count). The lowest BCUT2D eigenvalue weighted by molar-refractivity contribution is -0.120. The van der Waals surface area contributed by atoms with Crippen molar-refractivity contribution in [1.82, 2.24) is 20.4 Å². The van der Waals surface area contributed by atoms with Gasteiger partial charge in [0.25, 0.3) is 11.8 Å². The summed E-state index contributed by atoms with van der Waals surface area (Å²) in [7, 11) is -4.15. The number of alkyl carbamates (subject to hydrolysis) is 1. The number of fused-ring (bicyclic) bond motifs is 1. The number of benzene rings is 2. The number of ether oxygens (including phenoxy) is 1. The molecule has 0 saturated carbocycles. The van der Waals surface area contributed by atoms with Crippen molar-refractivity contribution in [2.45, 2.75) is 69.0 Å². The smallest absolute Gasteiger partial charge is 0.408 e. The van der Waals surface area contributed by atoms with Gasteiger partial charge in [0.15, 0.2) is 9.84 Å². The van der Waals surface area contributed by atoms with Crippen LogP contribution in [0.15, 0.2) is 51.8 Å². The number of rotatable bonds is 6. The number of alkyl halides is 2. The highest BCUT2D eigenvalue weighted by atomic mass is 32.2. The van der Waals surface area contributed by atoms with E-state index in [0.717, 1.165) is 0 Å². The number of carbonyl (C=O) groups excluding carboxylic acids is 2. The molecule has 1 N–H and O–H groups in total. The second-order valence-corrected chi connectivity index (χ2v) is 14.4. The Bertz CT molecular complexity index is 1780. The highest BCUT2D eigenvalue weighted by Crippen LogP contribution is 2.38. The third-order valence-electron chi connectivity index (χ3n) is 7.61. The third kappa shape index (κ3) is 7.34. The molecule has 2 atom stereocenters. The Balaban J connectivity index is 1.54. The van der Waals surface area contributed by atoms with E-state index in [0.29, 0.717) is 24.2 Å². The first-order valence-electron chi connectivity index (χ1n) is 14.7. The average Bonchev–Trinajstić information content (AvgIpc) is 3.46. The van der Waals surface area contributed by atoms with E-state index in [-0.39, 0.29) is 41.0 Å². The van der Waals surface area contributed by atoms with Crippen molar-refractivity contribution >= 4 is 27.5 Å². The molecule has 3 aromatic rings. The molecule has 0 bridgehead atoms. The van der Waals surface area contributed by atoms with Crippen LogP contribution < -0.4 is 10.2 Å². The molecule has 15 heteroatoms. The number of halogens is 2. The summed E-state index contributed by atoms with van der Waals surface area (Å²) in [4.78, 5) is 29.3. The van der Waals surface area contributed by atoms with Crippen molar-refractivity contribution < 1.29 is 35.9 Å². The van der Waals surface area contributed by atoms with Crippen LogP contribution in [0.5, 0.6) is 0 Å². The SMILES string of the molecule is CCN1CC(c2nnc(-c3ccc4c(c3)N(Cc3ccc(C#N)cc3)C(=O)[C@@H](NC(=O)OC(C)(C)C)CS4(=O)=O)o2)CC(F)(F)C1. The van der Waals surface area contributed by atoms with Crippen molar-refractivity contribution in [3.05, 3.63) is 59.5 Å². The minimum absolute atomic E-state index is 0.00135. The van der Waals surface area contributed by atoms with E-state index < -0.39 is 57.5 Å². The summed E-state index contributed by atoms with van der Waals surface area (Å²) in [6.45, 7) is 6.98. The molecule has 1 fully saturated rings. The number of nitrogens with one attached hydrogen (secondary N) is 1. The molecule has 3 heterocycles. The van der Waals surface area contributed by atoms with Crippen molar-refractivity contribution in [3.8, 4) is 17.5 Å². The van der Waals surface area contributed by atoms with Gasteiger partial charge in [-0.3, -0.25) is 9.69 Å². The number of hydrogen-bond acceptors (Lipinski definition) is 10. The maximum atomic E-state index is 14.4. The maximum Gasteiger partial charge on any atom is 0.408 e. The fourth-order valence-corrected chi connectivity index (χ4v) is 7.12. The van der Waals surface area contributed by atoms with Crippen LogP contribution in [-0.2, 0) is 25.9 Å². The van der Waals surface area contributed by atoms with Gasteiger partial charge < -0.3 is 19.4 Å². The van der Waals surface area contributed by atoms with Crippen LogP contribution in [0.2, 0.25) is 0 Å². The molecule has 12 nitrogen and oxygen atoms in total. The molecule has 1 saturated heterocycles. The standard InChI is InChI=1S/C31H34F2N6O6S/c1-5-38-16-22(13-31(32,33)18-38)27-37-36-26(44-27)21-10-11-25-24(12-21)39(15-20-8-6-19(14-34)7-9-20)28(40)23(17-46(25,42)43)35-29(41)45-30(2,3)4/h6-12,22-23H,5,13,15-18H2,1-4H3,(H,35,41)/t22?,23-/m0/s1. The van der Waals surface area contributed by atoms with E-state index in [9.17, 15) is 32.0 Å². The first-order chi connectivity index (χ1) is 21.6. The molecule has 1 aromatic heterocycles. The third-order valence-corrected chi connectivity index (χ3v) is 9.40. The van der Waals surface area contributed by atoms with Crippen molar-refractivity contribution in [2.75, 3.05) is 30.3 Å². The van der Waals surface area contributed by atoms with Crippen molar-refractivity contribution in [3.63, 3.8) is 0 Å². The van der Waals surface area contributed by atoms with Crippen molar-refractivity contribution in [1.29, 1.82) is 5.26 Å². The van der Waals surface area contributed by atoms with Crippen LogP contribution in [0.1, 0.15) is 57.1 Å². The second-order valence-electron chi connectivity index (χ2n) is 12.4. The van der Waals surface area contributed by atoms with Gasteiger partial charge in [0.1, 0.15) is 11.6 Å². The zero-order chi connectivity index (χ0) is 33.4. The number of nitriles is 1. The molecule has 2 amide bonds. The lowest BCUT2D eigenvalue weighted by Gasteiger charge is -2.35. The fraction of sp³-hybridized carbons (Fsp3) is 0.452. The number of aromatic nitrogens is 2. The van der Waals surface area contributed by atoms with E-state index in [4.69, 9.17) is 9.15 Å². The average molecular weight is 657 g/mol. The lowest BCUT2D eigenvalue weighted by atomic mass is 9.95. The van der Waals surface area contributed by atoms with Gasteiger partial charge in [-0.25, -0.2) is 22.0 Å². The highest BCUT2D eigenvalue weighted by Gasteiger charge is 2.43. The Kier molecular flexibility index (Phi) is 8.89. The normalized spacial score (nSPS) is 21.2. The van der Waals surface area contributed by atoms with Crippen LogP contribution in [0.3, 0.4) is 0 Å². The maximum absolute atomic E-state index is 14.4. The van der Waals surface area contributed by atoms with Gasteiger partial charge in [0.2, 0.25) is 11.8 Å². The van der Waals surface area contributed by atoms with Crippen LogP contribution in [0, 0.1) is 11.3 Å². The Hall–Kier alpha value is -4.42. The summed E-state index contributed by atoms with van der Waals surface area (Å²) < 4.78 is 67.3. The van der Waals surface area contributed by atoms with Gasteiger partial charge in [0.05, 0.1) is 47.0 Å². The molecule has 2 aliphatic rings. The number of piperidine rings is 1. The van der Waals surface area contributed by atoms with Crippen LogP contribution in [0.25, 0.3) is 11.5 Å². The molecule has 0 spiro atoms. The Labute approximate surface area is 265 Å². The topological polar surface area (TPSA) is 159 Å². The minimum Gasteiger partial charge on any atom is -0.444 e. The number of carbonyl (C=O) groups is 2. The monoisotopic (exact) mass is 656 g/mol. The zero-order valence-corrected chi connectivity index (χ0v) is 26.6. The first kappa shape index (κ1) is 33.0. The van der Waals surface area contributed by atoms with E-state index >= 15 is 0 Å². The summed E-state index contributed by atoms with van der Waals surface area (Å²) >= 11 is 0. The lowest BCUT2D eigenvalue weighted by Crippen LogP contribution is -2.51. The Morgan fingerprint density at radius 1 is 1.20 bits per heavy atom. The van der Waals surface area contributed by atoms with Crippen LogP contribution in [0.4, 0.5) is 19.3 Å². The minimum atomic E-state index is -4.15. The van der Waals surface area contributed by atoms with Crippen LogP contribution in [-0.4, -0.2) is 78.5 Å². The molecule has 0 aliphatic carbocycles. The van der Waals surface area contributed by atoms with E-state index in [1.807, 2.05) is 6.07 Å². The van der Waals surface area contributed by atoms with Gasteiger partial charge >= 0.3 is 6.09 Å². The van der Waals surface area contributed by atoms with E-state index in [1.54, 1.807) is 56.9 Å². The first-order valence-corrected chi connectivity index (χ1v) is 16.3. The summed E-state index contributed by atoms with van der Waals surface area (Å²) in [6.07, 6.45) is -1.41. The predicted molar refractivity (Wildman–Crippen MR) is 162 cm³/mol. The Morgan fingerprint density at radius 2 is 1.91 bits per heavy atom. The molecule has 1 unspecified atom stereocenters. The summed E-state index contributed by atoms with van der Waals surface area (Å²) in [5.41, 5.74) is 0.339. The number of hydrogen-bond donors (Lipinski definition) is 1. The molecule has 2 aliphatic heterocycles. The fourth-order valence-electron chi connectivity index (χ4n) is 5.51. The number of amides is 2. The second kappa shape index (κ2) is 12.4. The number of anilines is 1. The van der Waals surface area contributed by atoms with Crippen molar-refractivity contribution in [2.24, 2.45) is 0 Å². The van der Waals surface area contributed by atoms with Gasteiger partial charge in [0, 0.05) is 18.5 Å². The largest absolute Gasteiger partial charge is 0.444 e. The number of likely N-dealkylation sites (N-methyl/N-ethyl adjacent to an activating group) is 1. The van der Waals surface area contributed by atoms with Crippen LogP contribution >= 0.6 is 0 Å². The molecule has 244 valence electrons. The molecule has 0 radical (unpaired) electrons. The number of nitrogens with zero attached hydrogens (tertiary/aromatic N) is 5. The Morgan fingerprint density at radius 3 is 2.57 bits per heavy atom. The molecular weight excluding hydrogens is 622 g/mol. The highest BCUT2D eigenvalue weighted by molar-refractivity contribution is 7.91. The number of likely N-dealkylation sites (tertiary alicyclic amines) is 1. The molecule has 2 aromatic carbocycles. The van der Waals surface area contributed by atoms with E-state index in [1.165, 1.54) is 23.1 Å². The van der Waals surface area contributed by atoms with E-state index in [2.05, 4.69) is 15.5 Å². The van der Waals surface area contributed by atoms with Gasteiger partial charge in [-0.2, -0.15) is 5.26 Å². The quantitative estimate of drug-likeness (QED) is 0.406. The molecule has 46 heavy (non-hydrogen) atoms. The van der Waals surface area contributed by atoms with Gasteiger partial charge in [-0.05, 0) is 63.2 Å². The molecular formula is C31H34F2N6O6S. The van der Waals surface area contributed by atoms with Gasteiger partial charge in [-0.15, -0.1) is 10.2 Å².